The highest BCUT2D eigenvalue weighted by Gasteiger charge is 2.26. The molecule has 0 aromatic heterocycles. The summed E-state index contributed by atoms with van der Waals surface area (Å²) in [6.45, 7) is 0. The fourth-order valence-corrected chi connectivity index (χ4v) is 4.82. The third-order valence-corrected chi connectivity index (χ3v) is 6.31. The van der Waals surface area contributed by atoms with Gasteiger partial charge >= 0.3 is 0 Å². The van der Waals surface area contributed by atoms with Crippen molar-refractivity contribution in [2.45, 2.75) is 0 Å². The van der Waals surface area contributed by atoms with Crippen LogP contribution in [0.25, 0.3) is 0 Å². The lowest BCUT2D eigenvalue weighted by Crippen LogP contribution is -2.29. The van der Waals surface area contributed by atoms with Crippen LogP contribution in [0.5, 0.6) is 0 Å². The Morgan fingerprint density at radius 1 is 0.382 bits per heavy atom. The molecule has 0 fully saturated rings. The normalized spacial score (nSPS) is 13.1. The van der Waals surface area contributed by atoms with E-state index in [0.717, 1.165) is 56.2 Å². The third kappa shape index (κ3) is 2.86. The van der Waals surface area contributed by atoms with Crippen molar-refractivity contribution in [3.05, 3.63) is 132 Å². The standard InChI is InChI=1S/C30H20N4/c1-3-11-21(12-4-1)33-27-17-9-7-15-23(27)31-25-20-30-26(19-29(25)33)32-24-16-8-10-18-28(24)34(30)22-13-5-2-6-14-22/h1-20H. The fourth-order valence-electron chi connectivity index (χ4n) is 4.82. The number of anilines is 6. The average Bonchev–Trinajstić information content (AvgIpc) is 2.90. The van der Waals surface area contributed by atoms with E-state index in [1.165, 1.54) is 0 Å². The fraction of sp³-hybridized carbons (Fsp3) is 0. The minimum Gasteiger partial charge on any atom is -0.306 e. The molecule has 2 aliphatic heterocycles. The molecule has 2 aliphatic rings. The van der Waals surface area contributed by atoms with E-state index in [1.54, 1.807) is 0 Å². The van der Waals surface area contributed by atoms with Crippen molar-refractivity contribution in [3.8, 4) is 0 Å². The molecule has 0 aliphatic carbocycles. The first-order valence-electron chi connectivity index (χ1n) is 11.4. The second-order valence-electron chi connectivity index (χ2n) is 8.37. The molecule has 0 saturated carbocycles. The van der Waals surface area contributed by atoms with Crippen molar-refractivity contribution in [2.24, 2.45) is 9.98 Å². The van der Waals surface area contributed by atoms with Gasteiger partial charge in [-0.15, -0.1) is 0 Å². The van der Waals surface area contributed by atoms with Gasteiger partial charge in [-0.05, 0) is 60.7 Å². The van der Waals surface area contributed by atoms with Crippen molar-refractivity contribution >= 4 is 45.5 Å². The Hall–Kier alpha value is -4.70. The Labute approximate surface area is 197 Å². The van der Waals surface area contributed by atoms with Gasteiger partial charge in [-0.3, -0.25) is 0 Å². The number of hydrogen-bond donors (Lipinski definition) is 0. The smallest absolute Gasteiger partial charge is 0.0900 e. The van der Waals surface area contributed by atoms with Gasteiger partial charge in [0.25, 0.3) is 0 Å². The summed E-state index contributed by atoms with van der Waals surface area (Å²) < 4.78 is 0. The molecule has 0 bridgehead atoms. The molecule has 0 unspecified atom stereocenters. The molecule has 34 heavy (non-hydrogen) atoms. The highest BCUT2D eigenvalue weighted by Crippen LogP contribution is 2.44. The summed E-state index contributed by atoms with van der Waals surface area (Å²) in [4.78, 5) is 14.7. The zero-order chi connectivity index (χ0) is 22.5. The van der Waals surface area contributed by atoms with Crippen LogP contribution in [-0.4, -0.2) is 0 Å². The van der Waals surface area contributed by atoms with Gasteiger partial charge in [0, 0.05) is 11.4 Å². The summed E-state index contributed by atoms with van der Waals surface area (Å²) in [5.41, 5.74) is 8.30. The van der Waals surface area contributed by atoms with Crippen molar-refractivity contribution in [3.63, 3.8) is 0 Å². The van der Waals surface area contributed by atoms with Gasteiger partial charge in [0.15, 0.2) is 0 Å². The van der Waals surface area contributed by atoms with Gasteiger partial charge in [0.1, 0.15) is 0 Å². The van der Waals surface area contributed by atoms with Crippen molar-refractivity contribution in [2.75, 3.05) is 9.80 Å². The monoisotopic (exact) mass is 436 g/mol. The SMILES string of the molecule is c1ccc(N2c3ccccc3N=c3cc4c(cc32)=Nc2ccccc2N4c2ccccc2)cc1. The molecule has 0 saturated heterocycles. The number of benzene rings is 5. The first-order chi connectivity index (χ1) is 16.9. The summed E-state index contributed by atoms with van der Waals surface area (Å²) >= 11 is 0. The molecule has 2 heterocycles. The van der Waals surface area contributed by atoms with E-state index in [-0.39, 0.29) is 0 Å². The van der Waals surface area contributed by atoms with Crippen LogP contribution in [0.15, 0.2) is 131 Å². The maximum absolute atomic E-state index is 5.07. The molecule has 4 heteroatoms. The van der Waals surface area contributed by atoms with Gasteiger partial charge in [-0.25, -0.2) is 9.98 Å². The predicted octanol–water partition coefficient (Wildman–Crippen LogP) is 7.16. The number of rotatable bonds is 2. The molecule has 160 valence electrons. The van der Waals surface area contributed by atoms with E-state index < -0.39 is 0 Å². The number of nitrogens with zero attached hydrogens (tertiary/aromatic N) is 4. The van der Waals surface area contributed by atoms with E-state index in [2.05, 4.69) is 107 Å². The molecule has 4 nitrogen and oxygen atoms in total. The summed E-state index contributed by atoms with van der Waals surface area (Å²) in [6.07, 6.45) is 0. The molecule has 5 aromatic carbocycles. The van der Waals surface area contributed by atoms with Gasteiger partial charge in [-0.2, -0.15) is 0 Å². The lowest BCUT2D eigenvalue weighted by molar-refractivity contribution is 1.12. The quantitative estimate of drug-likeness (QED) is 0.288. The Kier molecular flexibility index (Phi) is 4.11. The zero-order valence-corrected chi connectivity index (χ0v) is 18.3. The number of hydrogen-bond acceptors (Lipinski definition) is 4. The Bertz CT molecular complexity index is 1530. The third-order valence-electron chi connectivity index (χ3n) is 6.31. The minimum absolute atomic E-state index is 0.928. The molecular weight excluding hydrogens is 416 g/mol. The van der Waals surface area contributed by atoms with E-state index >= 15 is 0 Å². The molecular formula is C30H20N4. The molecule has 0 amide bonds. The number of para-hydroxylation sites is 6. The van der Waals surface area contributed by atoms with E-state index in [9.17, 15) is 0 Å². The van der Waals surface area contributed by atoms with Gasteiger partial charge in [-0.1, -0.05) is 60.7 Å². The first kappa shape index (κ1) is 18.8. The molecule has 0 spiro atoms. The molecule has 0 atom stereocenters. The van der Waals surface area contributed by atoms with Gasteiger partial charge in [0.05, 0.1) is 44.8 Å². The summed E-state index contributed by atoms with van der Waals surface area (Å²) in [6, 6.07) is 41.8. The number of fused-ring (bicyclic) bond motifs is 4. The molecule has 7 rings (SSSR count). The largest absolute Gasteiger partial charge is 0.306 e. The van der Waals surface area contributed by atoms with Crippen LogP contribution >= 0.6 is 0 Å². The second-order valence-corrected chi connectivity index (χ2v) is 8.37. The maximum atomic E-state index is 5.07. The summed E-state index contributed by atoms with van der Waals surface area (Å²) in [5, 5.41) is 1.86. The minimum atomic E-state index is 0.928. The molecule has 5 aromatic rings. The van der Waals surface area contributed by atoms with Crippen LogP contribution in [0.3, 0.4) is 0 Å². The average molecular weight is 437 g/mol. The van der Waals surface area contributed by atoms with Crippen molar-refractivity contribution in [1.29, 1.82) is 0 Å². The van der Waals surface area contributed by atoms with Crippen LogP contribution in [0.1, 0.15) is 0 Å². The Morgan fingerprint density at radius 2 is 0.765 bits per heavy atom. The van der Waals surface area contributed by atoms with Gasteiger partial charge < -0.3 is 9.80 Å². The summed E-state index contributed by atoms with van der Waals surface area (Å²) in [5.74, 6) is 0. The topological polar surface area (TPSA) is 31.2 Å². The maximum Gasteiger partial charge on any atom is 0.0900 e. The Balaban J connectivity index is 1.55. The Morgan fingerprint density at radius 3 is 1.21 bits per heavy atom. The second kappa shape index (κ2) is 7.42. The van der Waals surface area contributed by atoms with Crippen LogP contribution in [0, 0.1) is 0 Å². The lowest BCUT2D eigenvalue weighted by Gasteiger charge is -2.33. The predicted molar refractivity (Wildman–Crippen MR) is 137 cm³/mol. The lowest BCUT2D eigenvalue weighted by atomic mass is 10.1. The van der Waals surface area contributed by atoms with E-state index in [1.807, 2.05) is 24.3 Å². The van der Waals surface area contributed by atoms with E-state index in [0.29, 0.717) is 0 Å². The van der Waals surface area contributed by atoms with Crippen molar-refractivity contribution in [1.82, 2.24) is 0 Å². The molecule has 0 radical (unpaired) electrons. The van der Waals surface area contributed by atoms with Crippen LogP contribution in [0.2, 0.25) is 0 Å². The first-order valence-corrected chi connectivity index (χ1v) is 11.4. The van der Waals surface area contributed by atoms with E-state index in [4.69, 9.17) is 9.98 Å². The van der Waals surface area contributed by atoms with Crippen molar-refractivity contribution < 1.29 is 0 Å². The highest BCUT2D eigenvalue weighted by atomic mass is 15.2. The zero-order valence-electron chi connectivity index (χ0n) is 18.3. The van der Waals surface area contributed by atoms with Crippen LogP contribution in [0.4, 0.5) is 45.5 Å². The van der Waals surface area contributed by atoms with Crippen LogP contribution in [-0.2, 0) is 0 Å². The summed E-state index contributed by atoms with van der Waals surface area (Å²) in [7, 11) is 0. The van der Waals surface area contributed by atoms with Crippen LogP contribution < -0.4 is 20.5 Å². The highest BCUT2D eigenvalue weighted by molar-refractivity contribution is 5.89. The molecule has 0 N–H and O–H groups in total. The van der Waals surface area contributed by atoms with Gasteiger partial charge in [0.2, 0.25) is 0 Å².